The lowest BCUT2D eigenvalue weighted by atomic mass is 10.1. The van der Waals surface area contributed by atoms with Crippen LogP contribution in [0.15, 0.2) is 29.3 Å². The van der Waals surface area contributed by atoms with E-state index in [1.807, 2.05) is 12.1 Å². The Morgan fingerprint density at radius 3 is 2.63 bits per heavy atom. The predicted molar refractivity (Wildman–Crippen MR) is 118 cm³/mol. The van der Waals surface area contributed by atoms with Crippen LogP contribution in [0.25, 0.3) is 0 Å². The lowest BCUT2D eigenvalue weighted by Gasteiger charge is -2.34. The Hall–Kier alpha value is -1.06. The molecular formula is C20H32IN3O3. The second-order valence-electron chi connectivity index (χ2n) is 6.99. The summed E-state index contributed by atoms with van der Waals surface area (Å²) in [7, 11) is 0. The Labute approximate surface area is 179 Å². The minimum absolute atomic E-state index is 0. The van der Waals surface area contributed by atoms with Gasteiger partial charge in [-0.1, -0.05) is 12.1 Å². The molecule has 2 fully saturated rings. The summed E-state index contributed by atoms with van der Waals surface area (Å²) in [5.74, 6) is 1.24. The number of guanidine groups is 1. The van der Waals surface area contributed by atoms with Crippen LogP contribution in [0, 0.1) is 0 Å². The first kappa shape index (κ1) is 22.2. The lowest BCUT2D eigenvalue weighted by Crippen LogP contribution is -2.47. The quantitative estimate of drug-likeness (QED) is 0.365. The van der Waals surface area contributed by atoms with Gasteiger partial charge in [-0.3, -0.25) is 0 Å². The van der Waals surface area contributed by atoms with Crippen molar-refractivity contribution in [3.05, 3.63) is 29.8 Å². The summed E-state index contributed by atoms with van der Waals surface area (Å²) in [5, 5.41) is 12.8. The highest BCUT2D eigenvalue weighted by Crippen LogP contribution is 2.18. The lowest BCUT2D eigenvalue weighted by molar-refractivity contribution is -0.0367. The molecule has 7 heteroatoms. The number of aromatic hydroxyl groups is 1. The molecule has 1 unspecified atom stereocenters. The van der Waals surface area contributed by atoms with Gasteiger partial charge in [0, 0.05) is 26.2 Å². The monoisotopic (exact) mass is 489 g/mol. The van der Waals surface area contributed by atoms with E-state index in [0.29, 0.717) is 18.8 Å². The van der Waals surface area contributed by atoms with Crippen LogP contribution >= 0.6 is 24.0 Å². The van der Waals surface area contributed by atoms with Crippen LogP contribution < -0.4 is 5.32 Å². The van der Waals surface area contributed by atoms with Crippen molar-refractivity contribution in [2.45, 2.75) is 51.4 Å². The second kappa shape index (κ2) is 11.7. The van der Waals surface area contributed by atoms with E-state index in [1.54, 1.807) is 12.1 Å². The van der Waals surface area contributed by atoms with Crippen LogP contribution in [0.2, 0.25) is 0 Å². The molecule has 2 heterocycles. The van der Waals surface area contributed by atoms with E-state index in [2.05, 4.69) is 17.1 Å². The number of nitrogens with zero attached hydrogens (tertiary/aromatic N) is 2. The summed E-state index contributed by atoms with van der Waals surface area (Å²) >= 11 is 0. The van der Waals surface area contributed by atoms with Gasteiger partial charge in [0.25, 0.3) is 0 Å². The van der Waals surface area contributed by atoms with Crippen LogP contribution in [-0.2, 0) is 16.0 Å². The summed E-state index contributed by atoms with van der Waals surface area (Å²) < 4.78 is 11.7. The first-order chi connectivity index (χ1) is 12.7. The highest BCUT2D eigenvalue weighted by Gasteiger charge is 2.24. The van der Waals surface area contributed by atoms with Gasteiger partial charge < -0.3 is 24.8 Å². The van der Waals surface area contributed by atoms with Gasteiger partial charge in [-0.05, 0) is 50.3 Å². The van der Waals surface area contributed by atoms with E-state index >= 15 is 0 Å². The number of phenolic OH excluding ortho intramolecular Hbond substituents is 1. The maximum absolute atomic E-state index is 9.38. The molecule has 0 radical (unpaired) electrons. The normalized spacial score (nSPS) is 21.1. The molecular weight excluding hydrogens is 457 g/mol. The van der Waals surface area contributed by atoms with Crippen molar-refractivity contribution in [2.75, 3.05) is 32.8 Å². The standard InChI is InChI=1S/C20H31N3O3.HI/c1-2-21-20(22-14-16-5-7-17(24)8-6-16)23-11-9-18(10-12-23)26-15-19-4-3-13-25-19;/h5-8,18-19,24H,2-4,9-15H2,1H3,(H,21,22);1H. The molecule has 0 spiro atoms. The number of halogens is 1. The number of nitrogens with one attached hydrogen (secondary N) is 1. The fourth-order valence-electron chi connectivity index (χ4n) is 3.45. The van der Waals surface area contributed by atoms with E-state index < -0.39 is 0 Å². The highest BCUT2D eigenvalue weighted by atomic mass is 127. The van der Waals surface area contributed by atoms with Gasteiger partial charge in [0.2, 0.25) is 0 Å². The Morgan fingerprint density at radius 2 is 2.00 bits per heavy atom. The summed E-state index contributed by atoms with van der Waals surface area (Å²) in [6.45, 7) is 7.08. The molecule has 27 heavy (non-hydrogen) atoms. The number of phenols is 1. The van der Waals surface area contributed by atoms with Crippen LogP contribution in [-0.4, -0.2) is 61.0 Å². The molecule has 6 nitrogen and oxygen atoms in total. The minimum atomic E-state index is 0. The molecule has 0 bridgehead atoms. The number of benzene rings is 1. The van der Waals surface area contributed by atoms with Crippen molar-refractivity contribution < 1.29 is 14.6 Å². The van der Waals surface area contributed by atoms with E-state index in [9.17, 15) is 5.11 Å². The molecule has 152 valence electrons. The predicted octanol–water partition coefficient (Wildman–Crippen LogP) is 3.14. The van der Waals surface area contributed by atoms with Gasteiger partial charge in [-0.15, -0.1) is 24.0 Å². The van der Waals surface area contributed by atoms with Gasteiger partial charge in [-0.2, -0.15) is 0 Å². The maximum atomic E-state index is 9.38. The fraction of sp³-hybridized carbons (Fsp3) is 0.650. The molecule has 2 aliphatic heterocycles. The maximum Gasteiger partial charge on any atom is 0.194 e. The molecule has 3 rings (SSSR count). The summed E-state index contributed by atoms with van der Waals surface area (Å²) in [6.07, 6.45) is 4.98. The summed E-state index contributed by atoms with van der Waals surface area (Å²) in [5.41, 5.74) is 1.09. The molecule has 1 atom stereocenters. The Bertz CT molecular complexity index is 568. The van der Waals surface area contributed by atoms with Crippen molar-refractivity contribution in [3.63, 3.8) is 0 Å². The molecule has 2 saturated heterocycles. The molecule has 0 amide bonds. The van der Waals surface area contributed by atoms with Crippen LogP contribution in [0.1, 0.15) is 38.2 Å². The van der Waals surface area contributed by atoms with Crippen LogP contribution in [0.4, 0.5) is 0 Å². The van der Waals surface area contributed by atoms with Gasteiger partial charge in [0.15, 0.2) is 5.96 Å². The fourth-order valence-corrected chi connectivity index (χ4v) is 3.45. The number of likely N-dealkylation sites (tertiary alicyclic amines) is 1. The molecule has 0 aliphatic carbocycles. The zero-order valence-corrected chi connectivity index (χ0v) is 18.4. The minimum Gasteiger partial charge on any atom is -0.508 e. The Kier molecular flexibility index (Phi) is 9.64. The third kappa shape index (κ3) is 7.12. The zero-order valence-electron chi connectivity index (χ0n) is 16.1. The highest BCUT2D eigenvalue weighted by molar-refractivity contribution is 14.0. The Morgan fingerprint density at radius 1 is 1.26 bits per heavy atom. The average Bonchev–Trinajstić information content (AvgIpc) is 3.19. The molecule has 1 aromatic carbocycles. The van der Waals surface area contributed by atoms with Gasteiger partial charge >= 0.3 is 0 Å². The van der Waals surface area contributed by atoms with E-state index in [4.69, 9.17) is 14.5 Å². The molecule has 0 aromatic heterocycles. The topological polar surface area (TPSA) is 66.3 Å². The van der Waals surface area contributed by atoms with E-state index in [1.165, 1.54) is 0 Å². The van der Waals surface area contributed by atoms with Gasteiger partial charge in [0.1, 0.15) is 5.75 Å². The van der Waals surface area contributed by atoms with Crippen LogP contribution in [0.3, 0.4) is 0 Å². The largest absolute Gasteiger partial charge is 0.508 e. The van der Waals surface area contributed by atoms with Crippen molar-refractivity contribution in [1.82, 2.24) is 10.2 Å². The molecule has 1 aromatic rings. The van der Waals surface area contributed by atoms with E-state index in [-0.39, 0.29) is 29.7 Å². The first-order valence-electron chi connectivity index (χ1n) is 9.79. The average molecular weight is 489 g/mol. The molecule has 2 aliphatic rings. The van der Waals surface area contributed by atoms with Crippen LogP contribution in [0.5, 0.6) is 5.75 Å². The van der Waals surface area contributed by atoms with Gasteiger partial charge in [-0.25, -0.2) is 4.99 Å². The van der Waals surface area contributed by atoms with E-state index in [0.717, 1.165) is 70.1 Å². The van der Waals surface area contributed by atoms with Crippen molar-refractivity contribution in [1.29, 1.82) is 0 Å². The number of piperidine rings is 1. The summed E-state index contributed by atoms with van der Waals surface area (Å²) in [4.78, 5) is 7.08. The number of ether oxygens (including phenoxy) is 2. The zero-order chi connectivity index (χ0) is 18.2. The third-order valence-corrected chi connectivity index (χ3v) is 4.97. The smallest absolute Gasteiger partial charge is 0.194 e. The summed E-state index contributed by atoms with van der Waals surface area (Å²) in [6, 6.07) is 7.23. The van der Waals surface area contributed by atoms with Crippen molar-refractivity contribution in [3.8, 4) is 5.75 Å². The SMILES string of the molecule is CCNC(=NCc1ccc(O)cc1)N1CCC(OCC2CCCO2)CC1.I. The number of rotatable bonds is 6. The number of aliphatic imine (C=N–C) groups is 1. The second-order valence-corrected chi connectivity index (χ2v) is 6.99. The molecule has 0 saturated carbocycles. The van der Waals surface area contributed by atoms with Crippen molar-refractivity contribution >= 4 is 29.9 Å². The van der Waals surface area contributed by atoms with Gasteiger partial charge in [0.05, 0.1) is 25.4 Å². The third-order valence-electron chi connectivity index (χ3n) is 4.97. The van der Waals surface area contributed by atoms with Crippen molar-refractivity contribution in [2.24, 2.45) is 4.99 Å². The Balaban J connectivity index is 0.00000261. The number of hydrogen-bond acceptors (Lipinski definition) is 4. The number of hydrogen-bond donors (Lipinski definition) is 2. The molecule has 2 N–H and O–H groups in total. The first-order valence-corrected chi connectivity index (χ1v) is 9.79.